The van der Waals surface area contributed by atoms with Gasteiger partial charge in [-0.15, -0.1) is 0 Å². The number of carbonyl (C=O) groups excluding carboxylic acids is 1. The van der Waals surface area contributed by atoms with Crippen LogP contribution in [0.5, 0.6) is 11.5 Å². The number of hydrogen-bond acceptors (Lipinski definition) is 4. The molecule has 0 saturated heterocycles. The smallest absolute Gasteiger partial charge is 0.229 e. The van der Waals surface area contributed by atoms with Gasteiger partial charge in [0.2, 0.25) is 5.91 Å². The Morgan fingerprint density at radius 3 is 2.67 bits per heavy atom. The van der Waals surface area contributed by atoms with E-state index in [0.29, 0.717) is 11.4 Å². The van der Waals surface area contributed by atoms with Crippen LogP contribution >= 0.6 is 0 Å². The summed E-state index contributed by atoms with van der Waals surface area (Å²) in [4.78, 5) is 12.0. The lowest BCUT2D eigenvalue weighted by Gasteiger charge is -2.18. The number of nitrogens with two attached hydrogens (primary N) is 1. The Hall–Kier alpha value is -1.75. The molecule has 0 saturated carbocycles. The maximum absolute atomic E-state index is 12.0. The normalized spacial score (nSPS) is 12.3. The highest BCUT2D eigenvalue weighted by Gasteiger charge is 2.21. The highest BCUT2D eigenvalue weighted by Crippen LogP contribution is 2.28. The number of rotatable bonds is 5. The summed E-state index contributed by atoms with van der Waals surface area (Å²) in [6.45, 7) is 4.14. The molecular formula is C13H20N2O3. The number of anilines is 1. The molecule has 1 aromatic carbocycles. The van der Waals surface area contributed by atoms with E-state index in [1.165, 1.54) is 13.2 Å². The summed E-state index contributed by atoms with van der Waals surface area (Å²) >= 11 is 0. The van der Waals surface area contributed by atoms with Crippen LogP contribution in [0.2, 0.25) is 0 Å². The number of phenols is 1. The van der Waals surface area contributed by atoms with Crippen LogP contribution < -0.4 is 15.8 Å². The molecule has 0 aromatic heterocycles. The molecule has 5 nitrogen and oxygen atoms in total. The lowest BCUT2D eigenvalue weighted by atomic mass is 9.95. The number of carbonyl (C=O) groups is 1. The second-order valence-electron chi connectivity index (χ2n) is 4.46. The Balaban J connectivity index is 2.86. The van der Waals surface area contributed by atoms with Gasteiger partial charge in [0.1, 0.15) is 11.5 Å². The van der Waals surface area contributed by atoms with E-state index in [1.807, 2.05) is 13.8 Å². The third-order valence-corrected chi connectivity index (χ3v) is 2.86. The summed E-state index contributed by atoms with van der Waals surface area (Å²) in [7, 11) is 1.52. The zero-order valence-corrected chi connectivity index (χ0v) is 10.9. The molecule has 18 heavy (non-hydrogen) atoms. The fraction of sp³-hybridized carbons (Fsp3) is 0.462. The van der Waals surface area contributed by atoms with Crippen molar-refractivity contribution in [1.29, 1.82) is 0 Å². The van der Waals surface area contributed by atoms with Crippen LogP contribution in [0.4, 0.5) is 5.69 Å². The van der Waals surface area contributed by atoms with Gasteiger partial charge in [-0.3, -0.25) is 4.79 Å². The first-order valence-electron chi connectivity index (χ1n) is 5.87. The second kappa shape index (κ2) is 6.26. The predicted octanol–water partition coefficient (Wildman–Crippen LogP) is 1.57. The highest BCUT2D eigenvalue weighted by molar-refractivity contribution is 5.94. The van der Waals surface area contributed by atoms with Crippen molar-refractivity contribution in [3.63, 3.8) is 0 Å². The van der Waals surface area contributed by atoms with Gasteiger partial charge < -0.3 is 20.9 Å². The molecule has 0 aliphatic rings. The van der Waals surface area contributed by atoms with Gasteiger partial charge in [-0.05, 0) is 18.1 Å². The van der Waals surface area contributed by atoms with Gasteiger partial charge in [-0.2, -0.15) is 0 Å². The summed E-state index contributed by atoms with van der Waals surface area (Å²) in [5.41, 5.74) is 5.91. The van der Waals surface area contributed by atoms with Gasteiger partial charge in [-0.1, -0.05) is 13.8 Å². The summed E-state index contributed by atoms with van der Waals surface area (Å²) in [5, 5.41) is 12.3. The molecule has 1 rings (SSSR count). The molecule has 1 aromatic rings. The lowest BCUT2D eigenvalue weighted by molar-refractivity contribution is -0.120. The summed E-state index contributed by atoms with van der Waals surface area (Å²) < 4.78 is 5.04. The Morgan fingerprint density at radius 2 is 2.17 bits per heavy atom. The highest BCUT2D eigenvalue weighted by atomic mass is 16.5. The van der Waals surface area contributed by atoms with Crippen molar-refractivity contribution in [2.24, 2.45) is 17.6 Å². The molecule has 1 unspecified atom stereocenters. The Morgan fingerprint density at radius 1 is 1.50 bits per heavy atom. The molecule has 100 valence electrons. The fourth-order valence-corrected chi connectivity index (χ4v) is 1.65. The van der Waals surface area contributed by atoms with Crippen LogP contribution in [-0.2, 0) is 4.79 Å². The zero-order valence-electron chi connectivity index (χ0n) is 10.9. The third-order valence-electron chi connectivity index (χ3n) is 2.86. The molecular weight excluding hydrogens is 232 g/mol. The van der Waals surface area contributed by atoms with Crippen molar-refractivity contribution >= 4 is 11.6 Å². The molecule has 0 fully saturated rings. The number of nitrogens with one attached hydrogen (secondary N) is 1. The van der Waals surface area contributed by atoms with E-state index in [-0.39, 0.29) is 30.0 Å². The maximum Gasteiger partial charge on any atom is 0.229 e. The predicted molar refractivity (Wildman–Crippen MR) is 70.7 cm³/mol. The van der Waals surface area contributed by atoms with Crippen molar-refractivity contribution in [1.82, 2.24) is 0 Å². The van der Waals surface area contributed by atoms with Gasteiger partial charge in [-0.25, -0.2) is 0 Å². The Kier molecular flexibility index (Phi) is 4.97. The first kappa shape index (κ1) is 14.3. The van der Waals surface area contributed by atoms with Gasteiger partial charge in [0, 0.05) is 12.6 Å². The van der Waals surface area contributed by atoms with Crippen molar-refractivity contribution in [3.05, 3.63) is 18.2 Å². The van der Waals surface area contributed by atoms with Crippen molar-refractivity contribution in [3.8, 4) is 11.5 Å². The average Bonchev–Trinajstić information content (AvgIpc) is 2.32. The number of ether oxygens (including phenoxy) is 1. The third kappa shape index (κ3) is 3.37. The van der Waals surface area contributed by atoms with E-state index in [9.17, 15) is 9.90 Å². The number of phenolic OH excluding ortho intramolecular Hbond substituents is 1. The molecule has 0 aliphatic carbocycles. The minimum Gasteiger partial charge on any atom is -0.506 e. The van der Waals surface area contributed by atoms with Crippen LogP contribution in [0.25, 0.3) is 0 Å². The summed E-state index contributed by atoms with van der Waals surface area (Å²) in [6.07, 6.45) is 0. The maximum atomic E-state index is 12.0. The van der Waals surface area contributed by atoms with E-state index < -0.39 is 0 Å². The largest absolute Gasteiger partial charge is 0.506 e. The molecule has 0 radical (unpaired) electrons. The Labute approximate surface area is 107 Å². The molecule has 0 bridgehead atoms. The zero-order chi connectivity index (χ0) is 13.7. The van der Waals surface area contributed by atoms with Crippen LogP contribution in [0.3, 0.4) is 0 Å². The van der Waals surface area contributed by atoms with Crippen LogP contribution in [0, 0.1) is 11.8 Å². The standard InChI is InChI=1S/C13H20N2O3/c1-8(2)10(7-14)13(17)15-11-6-9(18-3)4-5-12(11)16/h4-6,8,10,16H,7,14H2,1-3H3,(H,15,17). The van der Waals surface area contributed by atoms with Crippen LogP contribution in [0.1, 0.15) is 13.8 Å². The lowest BCUT2D eigenvalue weighted by Crippen LogP contribution is -2.33. The SMILES string of the molecule is COc1ccc(O)c(NC(=O)C(CN)C(C)C)c1. The van der Waals surface area contributed by atoms with Crippen molar-refractivity contribution in [2.45, 2.75) is 13.8 Å². The van der Waals surface area contributed by atoms with E-state index in [2.05, 4.69) is 5.32 Å². The molecule has 5 heteroatoms. The van der Waals surface area contributed by atoms with Crippen molar-refractivity contribution in [2.75, 3.05) is 19.0 Å². The second-order valence-corrected chi connectivity index (χ2v) is 4.46. The monoisotopic (exact) mass is 252 g/mol. The topological polar surface area (TPSA) is 84.6 Å². The van der Waals surface area contributed by atoms with Gasteiger partial charge in [0.25, 0.3) is 0 Å². The molecule has 0 spiro atoms. The quantitative estimate of drug-likeness (QED) is 0.694. The minimum absolute atomic E-state index is 0.00341. The molecule has 0 aliphatic heterocycles. The van der Waals surface area contributed by atoms with E-state index in [0.717, 1.165) is 0 Å². The van der Waals surface area contributed by atoms with Gasteiger partial charge in [0.15, 0.2) is 0 Å². The van der Waals surface area contributed by atoms with E-state index >= 15 is 0 Å². The van der Waals surface area contributed by atoms with Gasteiger partial charge >= 0.3 is 0 Å². The van der Waals surface area contributed by atoms with E-state index in [1.54, 1.807) is 12.1 Å². The fourth-order valence-electron chi connectivity index (χ4n) is 1.65. The molecule has 1 amide bonds. The van der Waals surface area contributed by atoms with Crippen molar-refractivity contribution < 1.29 is 14.6 Å². The summed E-state index contributed by atoms with van der Waals surface area (Å²) in [6, 6.07) is 4.66. The molecule has 1 atom stereocenters. The first-order chi connectivity index (χ1) is 8.49. The number of methoxy groups -OCH3 is 1. The Bertz CT molecular complexity index is 419. The average molecular weight is 252 g/mol. The number of hydrogen-bond donors (Lipinski definition) is 3. The minimum atomic E-state index is -0.282. The molecule has 4 N–H and O–H groups in total. The van der Waals surface area contributed by atoms with E-state index in [4.69, 9.17) is 10.5 Å². The summed E-state index contributed by atoms with van der Waals surface area (Å²) in [5.74, 6) is 0.232. The first-order valence-corrected chi connectivity index (χ1v) is 5.87. The van der Waals surface area contributed by atoms with Crippen LogP contribution in [0.15, 0.2) is 18.2 Å². The number of benzene rings is 1. The molecule has 0 heterocycles. The number of amides is 1. The number of aromatic hydroxyl groups is 1. The van der Waals surface area contributed by atoms with Crippen LogP contribution in [-0.4, -0.2) is 24.7 Å². The van der Waals surface area contributed by atoms with Gasteiger partial charge in [0.05, 0.1) is 18.7 Å².